The maximum atomic E-state index is 6.07. The number of anilines is 2. The smallest absolute Gasteiger partial charge is 0.0997 e. The molecule has 5 nitrogen and oxygen atoms in total. The van der Waals surface area contributed by atoms with Crippen LogP contribution in [0.1, 0.15) is 0 Å². The molecule has 2 heterocycles. The number of nitrogens with zero attached hydrogens (tertiary/aromatic N) is 4. The van der Waals surface area contributed by atoms with Gasteiger partial charge in [0, 0.05) is 37.7 Å². The summed E-state index contributed by atoms with van der Waals surface area (Å²) in [6.45, 7) is 0. The van der Waals surface area contributed by atoms with Crippen LogP contribution in [0.3, 0.4) is 0 Å². The summed E-state index contributed by atoms with van der Waals surface area (Å²) >= 11 is 0. The lowest BCUT2D eigenvalue weighted by molar-refractivity contribution is 1.03. The lowest BCUT2D eigenvalue weighted by atomic mass is 10.1. The highest BCUT2D eigenvalue weighted by Crippen LogP contribution is 2.30. The van der Waals surface area contributed by atoms with Crippen LogP contribution >= 0.6 is 0 Å². The number of nitrogens with two attached hydrogens (primary N) is 1. The van der Waals surface area contributed by atoms with Gasteiger partial charge < -0.3 is 10.6 Å². The van der Waals surface area contributed by atoms with Crippen LogP contribution in [0.5, 0.6) is 0 Å². The average Bonchev–Trinajstić information content (AvgIpc) is 2.96. The Bertz CT molecular complexity index is 761. The summed E-state index contributed by atoms with van der Waals surface area (Å²) in [5, 5.41) is 0. The number of nitrogen functional groups attached to an aromatic ring is 1. The molecular formula is C16H17N5. The van der Waals surface area contributed by atoms with Crippen molar-refractivity contribution in [3.63, 3.8) is 0 Å². The quantitative estimate of drug-likeness (QED) is 0.800. The fourth-order valence-corrected chi connectivity index (χ4v) is 2.35. The lowest BCUT2D eigenvalue weighted by Crippen LogP contribution is -2.12. The number of hydrogen-bond donors (Lipinski definition) is 1. The Balaban J connectivity index is 2.19. The Morgan fingerprint density at radius 2 is 1.86 bits per heavy atom. The largest absolute Gasteiger partial charge is 0.398 e. The summed E-state index contributed by atoms with van der Waals surface area (Å²) in [5.74, 6) is 0. The molecule has 0 saturated heterocycles. The normalized spacial score (nSPS) is 10.6. The molecule has 0 bridgehead atoms. The van der Waals surface area contributed by atoms with E-state index in [1.807, 2.05) is 30.8 Å². The summed E-state index contributed by atoms with van der Waals surface area (Å²) in [6.07, 6.45) is 7.05. The molecule has 0 atom stereocenters. The van der Waals surface area contributed by atoms with Crippen LogP contribution in [0.15, 0.2) is 55.2 Å². The zero-order valence-electron chi connectivity index (χ0n) is 12.1. The lowest BCUT2D eigenvalue weighted by Gasteiger charge is -2.19. The minimum absolute atomic E-state index is 0.689. The second-order valence-electron chi connectivity index (χ2n) is 4.99. The van der Waals surface area contributed by atoms with Crippen molar-refractivity contribution in [2.24, 2.45) is 0 Å². The van der Waals surface area contributed by atoms with Gasteiger partial charge in [-0.15, -0.1) is 0 Å². The summed E-state index contributed by atoms with van der Waals surface area (Å²) < 4.78 is 2.03. The average molecular weight is 279 g/mol. The minimum Gasteiger partial charge on any atom is -0.398 e. The van der Waals surface area contributed by atoms with E-state index in [4.69, 9.17) is 5.73 Å². The summed E-state index contributed by atoms with van der Waals surface area (Å²) in [7, 11) is 4.04. The van der Waals surface area contributed by atoms with Gasteiger partial charge in [0.15, 0.2) is 0 Å². The first kappa shape index (κ1) is 13.2. The van der Waals surface area contributed by atoms with Crippen molar-refractivity contribution in [2.75, 3.05) is 24.7 Å². The van der Waals surface area contributed by atoms with Crippen LogP contribution in [-0.4, -0.2) is 28.6 Å². The third-order valence-corrected chi connectivity index (χ3v) is 3.39. The maximum Gasteiger partial charge on any atom is 0.0997 e. The molecule has 0 aliphatic heterocycles. The highest BCUT2D eigenvalue weighted by atomic mass is 15.1. The van der Waals surface area contributed by atoms with Crippen molar-refractivity contribution >= 4 is 11.4 Å². The molecule has 3 rings (SSSR count). The van der Waals surface area contributed by atoms with Crippen molar-refractivity contribution in [3.05, 3.63) is 55.2 Å². The van der Waals surface area contributed by atoms with Crippen molar-refractivity contribution in [1.82, 2.24) is 14.5 Å². The predicted molar refractivity (Wildman–Crippen MR) is 85.5 cm³/mol. The summed E-state index contributed by atoms with van der Waals surface area (Å²) in [5.41, 5.74) is 10.7. The van der Waals surface area contributed by atoms with Crippen LogP contribution in [0.25, 0.3) is 16.9 Å². The Kier molecular flexibility index (Phi) is 3.31. The van der Waals surface area contributed by atoms with Crippen molar-refractivity contribution in [1.29, 1.82) is 0 Å². The zero-order valence-corrected chi connectivity index (χ0v) is 12.1. The van der Waals surface area contributed by atoms with Gasteiger partial charge in [-0.1, -0.05) is 12.1 Å². The number of pyridine rings is 1. The molecule has 2 N–H and O–H groups in total. The Hall–Kier alpha value is -2.82. The molecule has 0 aliphatic rings. The van der Waals surface area contributed by atoms with Gasteiger partial charge in [-0.05, 0) is 18.2 Å². The number of imidazole rings is 1. The topological polar surface area (TPSA) is 60.0 Å². The van der Waals surface area contributed by atoms with E-state index in [0.717, 1.165) is 22.6 Å². The minimum atomic E-state index is 0.689. The van der Waals surface area contributed by atoms with Crippen LogP contribution in [0.4, 0.5) is 11.4 Å². The fourth-order valence-electron chi connectivity index (χ4n) is 2.35. The predicted octanol–water partition coefficient (Wildman–Crippen LogP) is 2.58. The molecule has 21 heavy (non-hydrogen) atoms. The Labute approximate surface area is 123 Å². The standard InChI is InChI=1S/C16H17N5/c1-20(2)14-5-3-4-6-15(14)21-11-19-10-16(21)12-9-18-8-7-13(12)17/h3-11H,1-2H3,(H2,17,18). The van der Waals surface area contributed by atoms with Crippen LogP contribution < -0.4 is 10.6 Å². The number of hydrogen-bond acceptors (Lipinski definition) is 4. The van der Waals surface area contributed by atoms with E-state index in [-0.39, 0.29) is 0 Å². The van der Waals surface area contributed by atoms with Gasteiger partial charge in [0.05, 0.1) is 29.6 Å². The molecular weight excluding hydrogens is 262 g/mol. The highest BCUT2D eigenvalue weighted by Gasteiger charge is 2.13. The van der Waals surface area contributed by atoms with Crippen LogP contribution in [-0.2, 0) is 0 Å². The first-order valence-corrected chi connectivity index (χ1v) is 6.67. The molecule has 0 fully saturated rings. The van der Waals surface area contributed by atoms with Gasteiger partial charge in [0.2, 0.25) is 0 Å². The molecule has 5 heteroatoms. The monoisotopic (exact) mass is 279 g/mol. The summed E-state index contributed by atoms with van der Waals surface area (Å²) in [6, 6.07) is 9.97. The van der Waals surface area contributed by atoms with E-state index >= 15 is 0 Å². The second kappa shape index (κ2) is 5.28. The Morgan fingerprint density at radius 3 is 2.62 bits per heavy atom. The molecule has 1 aromatic carbocycles. The van der Waals surface area contributed by atoms with Gasteiger partial charge in [-0.3, -0.25) is 9.55 Å². The van der Waals surface area contributed by atoms with Gasteiger partial charge >= 0.3 is 0 Å². The van der Waals surface area contributed by atoms with E-state index in [9.17, 15) is 0 Å². The molecule has 0 aliphatic carbocycles. The molecule has 2 aromatic heterocycles. The van der Waals surface area contributed by atoms with E-state index in [2.05, 4.69) is 27.0 Å². The molecule has 0 amide bonds. The van der Waals surface area contributed by atoms with Crippen LogP contribution in [0.2, 0.25) is 0 Å². The van der Waals surface area contributed by atoms with Crippen molar-refractivity contribution in [3.8, 4) is 16.9 Å². The highest BCUT2D eigenvalue weighted by molar-refractivity contribution is 5.75. The Morgan fingerprint density at radius 1 is 1.05 bits per heavy atom. The van der Waals surface area contributed by atoms with Gasteiger partial charge in [-0.25, -0.2) is 4.98 Å². The SMILES string of the molecule is CN(C)c1ccccc1-n1cncc1-c1cnccc1N. The molecule has 0 spiro atoms. The number of benzene rings is 1. The molecule has 0 saturated carbocycles. The third-order valence-electron chi connectivity index (χ3n) is 3.39. The first-order valence-electron chi connectivity index (χ1n) is 6.67. The van der Waals surface area contributed by atoms with E-state index in [1.165, 1.54) is 0 Å². The zero-order chi connectivity index (χ0) is 14.8. The fraction of sp³-hybridized carbons (Fsp3) is 0.125. The van der Waals surface area contributed by atoms with Gasteiger partial charge in [-0.2, -0.15) is 0 Å². The van der Waals surface area contributed by atoms with Crippen molar-refractivity contribution in [2.45, 2.75) is 0 Å². The molecule has 3 aromatic rings. The second-order valence-corrected chi connectivity index (χ2v) is 4.99. The third kappa shape index (κ3) is 2.33. The van der Waals surface area contributed by atoms with Gasteiger partial charge in [0.1, 0.15) is 0 Å². The maximum absolute atomic E-state index is 6.07. The van der Waals surface area contributed by atoms with Crippen molar-refractivity contribution < 1.29 is 0 Å². The van der Waals surface area contributed by atoms with E-state index in [1.54, 1.807) is 31.0 Å². The molecule has 0 unspecified atom stereocenters. The van der Waals surface area contributed by atoms with E-state index < -0.39 is 0 Å². The number of rotatable bonds is 3. The van der Waals surface area contributed by atoms with E-state index in [0.29, 0.717) is 5.69 Å². The number of para-hydroxylation sites is 2. The first-order chi connectivity index (χ1) is 10.2. The number of aromatic nitrogens is 3. The molecule has 0 radical (unpaired) electrons. The summed E-state index contributed by atoms with van der Waals surface area (Å²) in [4.78, 5) is 10.5. The van der Waals surface area contributed by atoms with Crippen LogP contribution in [0, 0.1) is 0 Å². The molecule has 106 valence electrons. The van der Waals surface area contributed by atoms with Gasteiger partial charge in [0.25, 0.3) is 0 Å².